The molecule has 0 fully saturated rings. The SMILES string of the molecule is CCOC(=O)c1c(N)sc(/N=C/c2ccc(N(c3ccccc3)c3ccc4c(c3)Cc3cc(N(c5ccccc5)c5ccc(/C=N/c6sc(N)c(C(=O)OCC)c6C(=O)OCC)cc5)ccc3-4)cc2)c1C(=O)OCC. The molecule has 2 aromatic heterocycles. The van der Waals surface area contributed by atoms with Gasteiger partial charge in [0.2, 0.25) is 0 Å². The monoisotopic (exact) mass is 1040 g/mol. The molecule has 1 aliphatic carbocycles. The fraction of sp³-hybridized carbons (Fsp3) is 0.153. The summed E-state index contributed by atoms with van der Waals surface area (Å²) >= 11 is 2.05. The number of fused-ring (bicyclic) bond motifs is 3. The number of hydrogen-bond donors (Lipinski definition) is 2. The first-order valence-corrected chi connectivity index (χ1v) is 25.9. The molecule has 0 aliphatic heterocycles. The minimum absolute atomic E-state index is 0.0108. The van der Waals surface area contributed by atoms with Crippen molar-refractivity contribution in [2.24, 2.45) is 9.98 Å². The number of hydrogen-bond acceptors (Lipinski definition) is 16. The van der Waals surface area contributed by atoms with Gasteiger partial charge in [-0.05, 0) is 140 Å². The van der Waals surface area contributed by atoms with Crippen molar-refractivity contribution in [1.29, 1.82) is 0 Å². The van der Waals surface area contributed by atoms with E-state index in [-0.39, 0.29) is 68.7 Å². The Bertz CT molecular complexity index is 3240. The van der Waals surface area contributed by atoms with E-state index in [1.807, 2.05) is 84.9 Å². The summed E-state index contributed by atoms with van der Waals surface area (Å²) in [6, 6.07) is 49.4. The normalized spacial score (nSPS) is 11.6. The fourth-order valence-corrected chi connectivity index (χ4v) is 10.6. The van der Waals surface area contributed by atoms with E-state index in [1.54, 1.807) is 40.1 Å². The number of anilines is 8. The molecular formula is C59H52N6O8S2. The molecular weight excluding hydrogens is 985 g/mol. The van der Waals surface area contributed by atoms with Gasteiger partial charge >= 0.3 is 23.9 Å². The first-order chi connectivity index (χ1) is 36.5. The number of para-hydroxylation sites is 2. The number of carbonyl (C=O) groups is 4. The van der Waals surface area contributed by atoms with Gasteiger partial charge in [-0.15, -0.1) is 0 Å². The fourth-order valence-electron chi connectivity index (χ4n) is 8.85. The van der Waals surface area contributed by atoms with Crippen LogP contribution < -0.4 is 21.3 Å². The van der Waals surface area contributed by atoms with Gasteiger partial charge in [0.1, 0.15) is 42.3 Å². The summed E-state index contributed by atoms with van der Waals surface area (Å²) in [6.45, 7) is 7.20. The van der Waals surface area contributed by atoms with Crippen LogP contribution in [-0.4, -0.2) is 62.7 Å². The number of nitrogen functional groups attached to an aromatic ring is 2. The van der Waals surface area contributed by atoms with Crippen LogP contribution in [0.15, 0.2) is 156 Å². The molecule has 6 aromatic carbocycles. The van der Waals surface area contributed by atoms with Crippen molar-refractivity contribution in [3.05, 3.63) is 190 Å². The zero-order valence-electron chi connectivity index (χ0n) is 41.6. The Labute approximate surface area is 442 Å². The Kier molecular flexibility index (Phi) is 15.6. The lowest BCUT2D eigenvalue weighted by atomic mass is 10.0. The molecule has 2 heterocycles. The summed E-state index contributed by atoms with van der Waals surface area (Å²) in [5.41, 5.74) is 24.4. The van der Waals surface area contributed by atoms with Crippen molar-refractivity contribution in [1.82, 2.24) is 0 Å². The van der Waals surface area contributed by atoms with Gasteiger partial charge in [-0.25, -0.2) is 29.2 Å². The second-order valence-electron chi connectivity index (χ2n) is 16.8. The molecule has 0 amide bonds. The van der Waals surface area contributed by atoms with Crippen LogP contribution in [0.1, 0.15) is 91.4 Å². The molecule has 0 spiro atoms. The van der Waals surface area contributed by atoms with Gasteiger partial charge in [-0.2, -0.15) is 0 Å². The lowest BCUT2D eigenvalue weighted by Crippen LogP contribution is -2.13. The van der Waals surface area contributed by atoms with E-state index in [0.29, 0.717) is 0 Å². The highest BCUT2D eigenvalue weighted by Crippen LogP contribution is 2.46. The second kappa shape index (κ2) is 22.9. The number of esters is 4. The van der Waals surface area contributed by atoms with Crippen LogP contribution in [0.2, 0.25) is 0 Å². The van der Waals surface area contributed by atoms with Crippen LogP contribution in [0.5, 0.6) is 0 Å². The highest BCUT2D eigenvalue weighted by Gasteiger charge is 2.31. The molecule has 8 aromatic rings. The smallest absolute Gasteiger partial charge is 0.342 e. The highest BCUT2D eigenvalue weighted by atomic mass is 32.1. The van der Waals surface area contributed by atoms with Crippen molar-refractivity contribution in [2.75, 3.05) is 47.7 Å². The lowest BCUT2D eigenvalue weighted by Gasteiger charge is -2.26. The maximum absolute atomic E-state index is 13.0. The number of thiophene rings is 2. The van der Waals surface area contributed by atoms with Crippen molar-refractivity contribution in [2.45, 2.75) is 34.1 Å². The average molecular weight is 1040 g/mol. The molecule has 14 nitrogen and oxygen atoms in total. The van der Waals surface area contributed by atoms with Crippen LogP contribution in [0.25, 0.3) is 11.1 Å². The van der Waals surface area contributed by atoms with E-state index < -0.39 is 23.9 Å². The van der Waals surface area contributed by atoms with E-state index in [2.05, 4.69) is 80.4 Å². The van der Waals surface area contributed by atoms with Gasteiger partial charge in [-0.3, -0.25) is 0 Å². The number of nitrogens with two attached hydrogens (primary N) is 2. The number of benzene rings is 6. The molecule has 0 atom stereocenters. The zero-order valence-corrected chi connectivity index (χ0v) is 43.2. The first-order valence-electron chi connectivity index (χ1n) is 24.3. The highest BCUT2D eigenvalue weighted by molar-refractivity contribution is 7.20. The summed E-state index contributed by atoms with van der Waals surface area (Å²) in [6.07, 6.45) is 3.98. The molecule has 16 heteroatoms. The Balaban J connectivity index is 0.978. The average Bonchev–Trinajstić information content (AvgIpc) is 4.08. The molecule has 75 heavy (non-hydrogen) atoms. The van der Waals surface area contributed by atoms with Crippen molar-refractivity contribution >= 4 is 113 Å². The Hall–Kier alpha value is -8.86. The maximum atomic E-state index is 13.0. The topological polar surface area (TPSA) is 188 Å². The minimum Gasteiger partial charge on any atom is -0.462 e. The predicted molar refractivity (Wildman–Crippen MR) is 300 cm³/mol. The molecule has 0 saturated carbocycles. The Morgan fingerprint density at radius 1 is 0.453 bits per heavy atom. The molecule has 1 aliphatic rings. The van der Waals surface area contributed by atoms with Crippen molar-refractivity contribution < 1.29 is 38.1 Å². The van der Waals surface area contributed by atoms with Gasteiger partial charge < -0.3 is 40.2 Å². The first kappa shape index (κ1) is 51.1. The predicted octanol–water partition coefficient (Wildman–Crippen LogP) is 13.7. The van der Waals surface area contributed by atoms with Gasteiger partial charge in [0, 0.05) is 46.6 Å². The number of aliphatic imine (C=N–C) groups is 2. The third-order valence-electron chi connectivity index (χ3n) is 12.1. The largest absolute Gasteiger partial charge is 0.462 e. The zero-order chi connectivity index (χ0) is 52.6. The van der Waals surface area contributed by atoms with E-state index >= 15 is 0 Å². The number of rotatable bonds is 18. The van der Waals surface area contributed by atoms with E-state index in [1.165, 1.54) is 22.3 Å². The standard InChI is InChI=1S/C59H52N6O8S2/c1-5-70-56(66)48-50(58(68)72-7-3)54(74-52(48)60)62-34-36-19-23-42(24-20-36)64(40-15-11-9-12-16-40)44-27-29-46-38(32-44)31-39-33-45(28-30-47(39)46)65(41-17-13-10-14-18-41)43-25-21-37(22-26-43)35-63-55-51(59(69)73-8-4)49(53(61)75-55)57(67)71-6-2/h9-30,32-35H,5-8,31,60-61H2,1-4H3/b62-34+,63-35+. The Morgan fingerprint density at radius 2 is 0.773 bits per heavy atom. The summed E-state index contributed by atoms with van der Waals surface area (Å²) in [4.78, 5) is 65.3. The van der Waals surface area contributed by atoms with Crippen LogP contribution in [0.3, 0.4) is 0 Å². The van der Waals surface area contributed by atoms with Gasteiger partial charge in [0.05, 0.1) is 26.4 Å². The second-order valence-corrected chi connectivity index (χ2v) is 18.9. The van der Waals surface area contributed by atoms with E-state index in [9.17, 15) is 19.2 Å². The van der Waals surface area contributed by atoms with Crippen LogP contribution in [0, 0.1) is 0 Å². The minimum atomic E-state index is -0.703. The molecule has 0 saturated heterocycles. The van der Waals surface area contributed by atoms with Crippen LogP contribution in [-0.2, 0) is 25.4 Å². The van der Waals surface area contributed by atoms with E-state index in [0.717, 1.165) is 74.3 Å². The molecule has 9 rings (SSSR count). The molecule has 4 N–H and O–H groups in total. The van der Waals surface area contributed by atoms with E-state index in [4.69, 9.17) is 30.4 Å². The van der Waals surface area contributed by atoms with Gasteiger partial charge in [0.25, 0.3) is 0 Å². The quantitative estimate of drug-likeness (QED) is 0.0471. The van der Waals surface area contributed by atoms with Crippen LogP contribution in [0.4, 0.5) is 54.1 Å². The van der Waals surface area contributed by atoms with Crippen molar-refractivity contribution in [3.63, 3.8) is 0 Å². The summed E-state index contributed by atoms with van der Waals surface area (Å²) in [5, 5.41) is 0.759. The number of nitrogens with zero attached hydrogens (tertiary/aromatic N) is 4. The van der Waals surface area contributed by atoms with Gasteiger partial charge in [0.15, 0.2) is 0 Å². The Morgan fingerprint density at radius 3 is 1.12 bits per heavy atom. The third-order valence-corrected chi connectivity index (χ3v) is 14.0. The third kappa shape index (κ3) is 10.8. The number of ether oxygens (including phenoxy) is 4. The van der Waals surface area contributed by atoms with Crippen LogP contribution >= 0.6 is 22.7 Å². The van der Waals surface area contributed by atoms with Crippen molar-refractivity contribution in [3.8, 4) is 11.1 Å². The molecule has 378 valence electrons. The molecule has 0 unspecified atom stereocenters. The molecule has 0 radical (unpaired) electrons. The molecule has 0 bridgehead atoms. The summed E-state index contributed by atoms with van der Waals surface area (Å²) in [5.74, 6) is -2.80. The maximum Gasteiger partial charge on any atom is 0.342 e. The summed E-state index contributed by atoms with van der Waals surface area (Å²) in [7, 11) is 0. The van der Waals surface area contributed by atoms with Gasteiger partial charge in [-0.1, -0.05) is 95.5 Å². The summed E-state index contributed by atoms with van der Waals surface area (Å²) < 4.78 is 20.9. The number of carbonyl (C=O) groups excluding carboxylic acids is 4. The lowest BCUT2D eigenvalue weighted by molar-refractivity contribution is 0.0481.